The van der Waals surface area contributed by atoms with Gasteiger partial charge in [-0.25, -0.2) is 2.70 Å². The van der Waals surface area contributed by atoms with Crippen LogP contribution in [-0.2, 0) is 0 Å². The van der Waals surface area contributed by atoms with E-state index in [0.29, 0.717) is 0 Å². The molecule has 2 heterocycles. The number of nitrogens with zero attached hydrogens (tertiary/aromatic N) is 2. The molecule has 0 saturated carbocycles. The second kappa shape index (κ2) is 5.97. The summed E-state index contributed by atoms with van der Waals surface area (Å²) >= 11 is 2.52. The van der Waals surface area contributed by atoms with Crippen LogP contribution >= 0.6 is 22.9 Å². The molecule has 0 fully saturated rings. The number of furan rings is 1. The fourth-order valence-electron chi connectivity index (χ4n) is 4.65. The lowest BCUT2D eigenvalue weighted by atomic mass is 10.0. The molecular formula is C25H20IN2O+. The Morgan fingerprint density at radius 1 is 0.862 bits per heavy atom. The quantitative estimate of drug-likeness (QED) is 0.179. The molecule has 6 rings (SSSR count). The van der Waals surface area contributed by atoms with Crippen LogP contribution in [0.5, 0.6) is 0 Å². The molecule has 0 amide bonds. The number of halogens is 1. The zero-order valence-corrected chi connectivity index (χ0v) is 18.5. The number of benzene rings is 4. The standard InChI is InChI=1S/C25H20IN2O/c1-16-21(27-15-28(2,26)23-10-6-5-9-22(23)27)12-11-19-20-13-17-7-3-4-8-18(17)14-24(20)29-25(16)19/h3-14H,15H2,1-2H3/q+1. The smallest absolute Gasteiger partial charge is 0.256 e. The third-order valence-corrected chi connectivity index (χ3v) is 6.92. The van der Waals surface area contributed by atoms with Gasteiger partial charge in [-0.1, -0.05) is 36.4 Å². The third-order valence-electron chi connectivity index (χ3n) is 6.10. The molecule has 0 saturated heterocycles. The van der Waals surface area contributed by atoms with Crippen molar-refractivity contribution in [2.45, 2.75) is 6.92 Å². The van der Waals surface area contributed by atoms with Crippen molar-refractivity contribution >= 4 is 72.6 Å². The Morgan fingerprint density at radius 3 is 2.41 bits per heavy atom. The van der Waals surface area contributed by atoms with Crippen LogP contribution in [0.1, 0.15) is 5.56 Å². The third kappa shape index (κ3) is 2.45. The molecule has 1 aromatic heterocycles. The molecular weight excluding hydrogens is 471 g/mol. The maximum atomic E-state index is 6.40. The fourth-order valence-corrected chi connectivity index (χ4v) is 5.37. The van der Waals surface area contributed by atoms with Gasteiger partial charge in [0, 0.05) is 22.4 Å². The van der Waals surface area contributed by atoms with E-state index >= 15 is 0 Å². The largest absolute Gasteiger partial charge is 0.456 e. The van der Waals surface area contributed by atoms with Crippen LogP contribution in [0.25, 0.3) is 32.7 Å². The van der Waals surface area contributed by atoms with Crippen molar-refractivity contribution in [3.8, 4) is 0 Å². The normalized spacial score (nSPS) is 18.8. The second-order valence-electron chi connectivity index (χ2n) is 8.01. The van der Waals surface area contributed by atoms with Crippen LogP contribution < -0.4 is 7.60 Å². The van der Waals surface area contributed by atoms with Gasteiger partial charge in [0.25, 0.3) is 22.9 Å². The van der Waals surface area contributed by atoms with E-state index in [0.717, 1.165) is 20.5 Å². The summed E-state index contributed by atoms with van der Waals surface area (Å²) in [5.74, 6) is 0. The Morgan fingerprint density at radius 2 is 1.59 bits per heavy atom. The molecule has 1 aliphatic heterocycles. The van der Waals surface area contributed by atoms with Gasteiger partial charge in [-0.3, -0.25) is 4.90 Å². The number of hydrogen-bond acceptors (Lipinski definition) is 2. The minimum absolute atomic E-state index is 0.816. The molecule has 4 heteroatoms. The van der Waals surface area contributed by atoms with Gasteiger partial charge in [0.2, 0.25) is 0 Å². The minimum Gasteiger partial charge on any atom is -0.456 e. The highest BCUT2D eigenvalue weighted by molar-refractivity contribution is 14.1. The minimum atomic E-state index is 0.816. The lowest BCUT2D eigenvalue weighted by Gasteiger charge is -2.22. The van der Waals surface area contributed by atoms with Gasteiger partial charge < -0.3 is 4.42 Å². The Balaban J connectivity index is 1.59. The predicted octanol–water partition coefficient (Wildman–Crippen LogP) is 7.44. The molecule has 0 radical (unpaired) electrons. The molecule has 4 aromatic carbocycles. The first-order chi connectivity index (χ1) is 14.0. The Labute approximate surface area is 183 Å². The molecule has 142 valence electrons. The van der Waals surface area contributed by atoms with E-state index in [-0.39, 0.29) is 0 Å². The van der Waals surface area contributed by atoms with Crippen LogP contribution in [0.4, 0.5) is 17.1 Å². The fraction of sp³-hybridized carbons (Fsp3) is 0.120. The summed E-state index contributed by atoms with van der Waals surface area (Å²) in [5.41, 5.74) is 6.95. The average Bonchev–Trinajstić information content (AvgIpc) is 3.22. The van der Waals surface area contributed by atoms with Crippen molar-refractivity contribution in [1.29, 1.82) is 0 Å². The summed E-state index contributed by atoms with van der Waals surface area (Å²) in [7, 11) is 2.25. The Hall–Kier alpha value is -2.57. The van der Waals surface area contributed by atoms with Crippen LogP contribution in [0.15, 0.2) is 77.2 Å². The zero-order valence-electron chi connectivity index (χ0n) is 16.3. The van der Waals surface area contributed by atoms with Crippen LogP contribution in [0.3, 0.4) is 0 Å². The number of para-hydroxylation sites is 2. The molecule has 0 bridgehead atoms. The van der Waals surface area contributed by atoms with E-state index in [9.17, 15) is 0 Å². The molecule has 1 aliphatic rings. The van der Waals surface area contributed by atoms with Gasteiger partial charge in [-0.2, -0.15) is 0 Å². The first kappa shape index (κ1) is 17.3. The molecule has 29 heavy (non-hydrogen) atoms. The lowest BCUT2D eigenvalue weighted by molar-refractivity contribution is 0.633. The summed E-state index contributed by atoms with van der Waals surface area (Å²) in [6.07, 6.45) is 0. The van der Waals surface area contributed by atoms with Crippen LogP contribution in [-0.4, -0.2) is 13.7 Å². The average molecular weight is 491 g/mol. The van der Waals surface area contributed by atoms with Crippen molar-refractivity contribution in [2.24, 2.45) is 0 Å². The van der Waals surface area contributed by atoms with Crippen molar-refractivity contribution in [1.82, 2.24) is 2.70 Å². The molecule has 0 aliphatic carbocycles. The summed E-state index contributed by atoms with van der Waals surface area (Å²) in [5, 5.41) is 4.83. The highest BCUT2D eigenvalue weighted by Gasteiger charge is 2.39. The second-order valence-corrected chi connectivity index (χ2v) is 10.1. The van der Waals surface area contributed by atoms with Gasteiger partial charge >= 0.3 is 0 Å². The highest BCUT2D eigenvalue weighted by Crippen LogP contribution is 2.48. The topological polar surface area (TPSA) is 16.4 Å². The molecule has 1 unspecified atom stereocenters. The Bertz CT molecular complexity index is 1430. The number of rotatable bonds is 1. The van der Waals surface area contributed by atoms with Crippen molar-refractivity contribution in [2.75, 3.05) is 18.6 Å². The van der Waals surface area contributed by atoms with Gasteiger partial charge in [0.1, 0.15) is 16.9 Å². The molecule has 0 spiro atoms. The molecule has 1 atom stereocenters. The number of aryl methyl sites for hydroxylation is 1. The predicted molar refractivity (Wildman–Crippen MR) is 131 cm³/mol. The summed E-state index contributed by atoms with van der Waals surface area (Å²) in [6.45, 7) is 3.08. The van der Waals surface area contributed by atoms with E-state index < -0.39 is 0 Å². The monoisotopic (exact) mass is 491 g/mol. The van der Waals surface area contributed by atoms with Gasteiger partial charge in [0.15, 0.2) is 12.4 Å². The summed E-state index contributed by atoms with van der Waals surface area (Å²) in [6, 6.07) is 26.0. The van der Waals surface area contributed by atoms with E-state index in [1.54, 1.807) is 0 Å². The first-order valence-corrected chi connectivity index (χ1v) is 10.8. The summed E-state index contributed by atoms with van der Waals surface area (Å²) in [4.78, 5) is 2.42. The SMILES string of the molecule is Cc1c(N2C[N+](C)(I)c3ccccc32)ccc2c1oc1cc3ccccc3cc12. The van der Waals surface area contributed by atoms with Crippen LogP contribution in [0, 0.1) is 6.92 Å². The number of anilines is 2. The van der Waals surface area contributed by atoms with E-state index in [4.69, 9.17) is 4.42 Å². The number of hydrogen-bond donors (Lipinski definition) is 0. The summed E-state index contributed by atoms with van der Waals surface area (Å²) < 4.78 is 7.21. The molecule has 0 N–H and O–H groups in total. The maximum Gasteiger partial charge on any atom is 0.256 e. The van der Waals surface area contributed by atoms with E-state index in [2.05, 4.69) is 115 Å². The van der Waals surface area contributed by atoms with Crippen molar-refractivity contribution < 1.29 is 4.42 Å². The first-order valence-electron chi connectivity index (χ1n) is 9.80. The van der Waals surface area contributed by atoms with Gasteiger partial charge in [0.05, 0.1) is 12.7 Å². The van der Waals surface area contributed by atoms with Crippen LogP contribution in [0.2, 0.25) is 0 Å². The van der Waals surface area contributed by atoms with Gasteiger partial charge in [-0.15, -0.1) is 0 Å². The zero-order chi connectivity index (χ0) is 19.8. The highest BCUT2D eigenvalue weighted by atomic mass is 127. The lowest BCUT2D eigenvalue weighted by Crippen LogP contribution is -2.35. The molecule has 5 aromatic rings. The number of quaternary nitrogens is 1. The van der Waals surface area contributed by atoms with Crippen molar-refractivity contribution in [3.05, 3.63) is 78.4 Å². The maximum absolute atomic E-state index is 6.40. The van der Waals surface area contributed by atoms with E-state index in [1.807, 2.05) is 0 Å². The number of fused-ring (bicyclic) bond motifs is 5. The van der Waals surface area contributed by atoms with E-state index in [1.165, 1.54) is 44.2 Å². The van der Waals surface area contributed by atoms with Gasteiger partial charge in [-0.05, 0) is 48.0 Å². The molecule has 3 nitrogen and oxygen atoms in total. The van der Waals surface area contributed by atoms with Crippen molar-refractivity contribution in [3.63, 3.8) is 0 Å². The Kier molecular flexibility index (Phi) is 3.56.